The third kappa shape index (κ3) is 3.91. The number of carbonyl (C=O) groups is 1. The highest BCUT2D eigenvalue weighted by atomic mass is 79.9. The zero-order chi connectivity index (χ0) is 20.5. The van der Waals surface area contributed by atoms with Crippen LogP contribution in [-0.4, -0.2) is 10.9 Å². The molecular weight excluding hydrogens is 431 g/mol. The Labute approximate surface area is 176 Å². The number of halogens is 2. The number of anilines is 1. The Morgan fingerprint density at radius 2 is 1.79 bits per heavy atom. The van der Waals surface area contributed by atoms with E-state index in [1.54, 1.807) is 12.1 Å². The number of nitrogens with zero attached hydrogens (tertiary/aromatic N) is 1. The molecule has 0 atom stereocenters. The lowest BCUT2D eigenvalue weighted by molar-refractivity contribution is 0.102. The molecule has 0 aliphatic carbocycles. The van der Waals surface area contributed by atoms with Crippen molar-refractivity contribution in [2.45, 2.75) is 13.8 Å². The van der Waals surface area contributed by atoms with Crippen LogP contribution in [0.1, 0.15) is 21.5 Å². The normalized spacial score (nSPS) is 10.9. The minimum atomic E-state index is -0.499. The quantitative estimate of drug-likeness (QED) is 0.380. The summed E-state index contributed by atoms with van der Waals surface area (Å²) >= 11 is 3.23. The first-order valence-electron chi connectivity index (χ1n) is 9.16. The van der Waals surface area contributed by atoms with E-state index in [0.717, 1.165) is 22.1 Å². The Morgan fingerprint density at radius 1 is 1.00 bits per heavy atom. The maximum atomic E-state index is 14.2. The molecule has 0 aliphatic heterocycles. The number of hydrogen-bond donors (Lipinski definition) is 1. The van der Waals surface area contributed by atoms with E-state index in [0.29, 0.717) is 21.2 Å². The van der Waals surface area contributed by atoms with Gasteiger partial charge in [0.1, 0.15) is 5.82 Å². The standard InChI is InChI=1S/C24H18BrFN2O/c1-14-7-9-17(15(2)11-14)23-13-19(18-5-3-4-6-21(18)27-23)24(29)28-22-10-8-16(25)12-20(22)26/h3-13H,1-2H3,(H,28,29). The number of nitrogens with one attached hydrogen (secondary N) is 1. The van der Waals surface area contributed by atoms with E-state index < -0.39 is 5.82 Å². The molecule has 0 radical (unpaired) electrons. The average molecular weight is 449 g/mol. The zero-order valence-electron chi connectivity index (χ0n) is 16.0. The summed E-state index contributed by atoms with van der Waals surface area (Å²) in [5.74, 6) is -0.878. The van der Waals surface area contributed by atoms with Gasteiger partial charge in [-0.2, -0.15) is 0 Å². The minimum Gasteiger partial charge on any atom is -0.319 e. The lowest BCUT2D eigenvalue weighted by Gasteiger charge is -2.13. The van der Waals surface area contributed by atoms with Crippen molar-refractivity contribution in [3.8, 4) is 11.3 Å². The summed E-state index contributed by atoms with van der Waals surface area (Å²) in [6.45, 7) is 4.06. The number of rotatable bonds is 3. The van der Waals surface area contributed by atoms with Crippen LogP contribution in [0.3, 0.4) is 0 Å². The van der Waals surface area contributed by atoms with Gasteiger partial charge in [0.25, 0.3) is 5.91 Å². The monoisotopic (exact) mass is 448 g/mol. The molecule has 0 bridgehead atoms. The summed E-state index contributed by atoms with van der Waals surface area (Å²) in [7, 11) is 0. The van der Waals surface area contributed by atoms with Crippen molar-refractivity contribution >= 4 is 38.4 Å². The van der Waals surface area contributed by atoms with Crippen molar-refractivity contribution in [1.29, 1.82) is 0 Å². The van der Waals surface area contributed by atoms with Gasteiger partial charge in [0.2, 0.25) is 0 Å². The van der Waals surface area contributed by atoms with Crippen LogP contribution >= 0.6 is 15.9 Å². The number of hydrogen-bond acceptors (Lipinski definition) is 2. The first-order chi connectivity index (χ1) is 13.9. The summed E-state index contributed by atoms with van der Waals surface area (Å²) in [5.41, 5.74) is 5.22. The van der Waals surface area contributed by atoms with E-state index in [-0.39, 0.29) is 11.6 Å². The van der Waals surface area contributed by atoms with Gasteiger partial charge in [0.05, 0.1) is 22.5 Å². The van der Waals surface area contributed by atoms with Crippen molar-refractivity contribution < 1.29 is 9.18 Å². The number of aromatic nitrogens is 1. The first-order valence-corrected chi connectivity index (χ1v) is 9.95. The highest BCUT2D eigenvalue weighted by Gasteiger charge is 2.16. The molecule has 144 valence electrons. The topological polar surface area (TPSA) is 42.0 Å². The second-order valence-electron chi connectivity index (χ2n) is 6.97. The number of pyridine rings is 1. The van der Waals surface area contributed by atoms with Gasteiger partial charge in [-0.3, -0.25) is 4.79 Å². The molecule has 0 fully saturated rings. The molecule has 0 aliphatic rings. The van der Waals surface area contributed by atoms with Crippen LogP contribution in [0.15, 0.2) is 71.2 Å². The third-order valence-corrected chi connectivity index (χ3v) is 5.29. The van der Waals surface area contributed by atoms with E-state index in [1.165, 1.54) is 12.1 Å². The fourth-order valence-corrected chi connectivity index (χ4v) is 3.72. The SMILES string of the molecule is Cc1ccc(-c2cc(C(=O)Nc3ccc(Br)cc3F)c3ccccc3n2)c(C)c1. The summed E-state index contributed by atoms with van der Waals surface area (Å²) in [6, 6.07) is 19.9. The number of fused-ring (bicyclic) bond motifs is 1. The molecule has 4 rings (SSSR count). The summed E-state index contributed by atoms with van der Waals surface area (Å²) in [5, 5.41) is 3.40. The van der Waals surface area contributed by atoms with Crippen molar-refractivity contribution in [3.63, 3.8) is 0 Å². The zero-order valence-corrected chi connectivity index (χ0v) is 17.5. The van der Waals surface area contributed by atoms with Gasteiger partial charge >= 0.3 is 0 Å². The van der Waals surface area contributed by atoms with Crippen LogP contribution in [0.5, 0.6) is 0 Å². The highest BCUT2D eigenvalue weighted by molar-refractivity contribution is 9.10. The average Bonchev–Trinajstić information content (AvgIpc) is 2.69. The molecule has 0 spiro atoms. The summed E-state index contributed by atoms with van der Waals surface area (Å²) < 4.78 is 14.8. The molecule has 1 aromatic heterocycles. The Kier molecular flexibility index (Phi) is 5.16. The van der Waals surface area contributed by atoms with E-state index in [2.05, 4.69) is 27.3 Å². The fraction of sp³-hybridized carbons (Fsp3) is 0.0833. The second kappa shape index (κ2) is 7.76. The van der Waals surface area contributed by atoms with Gasteiger partial charge in [0, 0.05) is 15.4 Å². The van der Waals surface area contributed by atoms with Crippen LogP contribution in [0, 0.1) is 19.7 Å². The molecule has 3 aromatic carbocycles. The molecule has 1 heterocycles. The smallest absolute Gasteiger partial charge is 0.256 e. The number of para-hydroxylation sites is 1. The number of benzene rings is 3. The second-order valence-corrected chi connectivity index (χ2v) is 7.88. The number of carbonyl (C=O) groups excluding carboxylic acids is 1. The molecule has 3 nitrogen and oxygen atoms in total. The van der Waals surface area contributed by atoms with Gasteiger partial charge in [-0.05, 0) is 49.7 Å². The van der Waals surface area contributed by atoms with Crippen LogP contribution in [0.4, 0.5) is 10.1 Å². The minimum absolute atomic E-state index is 0.132. The van der Waals surface area contributed by atoms with Crippen molar-refractivity contribution in [2.24, 2.45) is 0 Å². The van der Waals surface area contributed by atoms with E-state index in [9.17, 15) is 9.18 Å². The molecule has 0 saturated carbocycles. The van der Waals surface area contributed by atoms with Crippen LogP contribution in [-0.2, 0) is 0 Å². The van der Waals surface area contributed by atoms with Gasteiger partial charge in [-0.1, -0.05) is 57.9 Å². The predicted molar refractivity (Wildman–Crippen MR) is 119 cm³/mol. The van der Waals surface area contributed by atoms with Gasteiger partial charge in [-0.25, -0.2) is 9.37 Å². The third-order valence-electron chi connectivity index (χ3n) is 4.80. The molecule has 5 heteroatoms. The van der Waals surface area contributed by atoms with Gasteiger partial charge in [0.15, 0.2) is 0 Å². The van der Waals surface area contributed by atoms with Crippen molar-refractivity contribution in [3.05, 3.63) is 93.7 Å². The van der Waals surface area contributed by atoms with Crippen molar-refractivity contribution in [2.75, 3.05) is 5.32 Å². The molecule has 1 amide bonds. The van der Waals surface area contributed by atoms with Gasteiger partial charge in [-0.15, -0.1) is 0 Å². The Hall–Kier alpha value is -3.05. The number of amides is 1. The van der Waals surface area contributed by atoms with Crippen LogP contribution in [0.25, 0.3) is 22.2 Å². The van der Waals surface area contributed by atoms with E-state index in [4.69, 9.17) is 4.98 Å². The summed E-state index contributed by atoms with van der Waals surface area (Å²) in [4.78, 5) is 17.8. The molecule has 1 N–H and O–H groups in total. The first kappa shape index (κ1) is 19.3. The molecule has 0 saturated heterocycles. The van der Waals surface area contributed by atoms with E-state index in [1.807, 2.05) is 50.2 Å². The maximum Gasteiger partial charge on any atom is 0.256 e. The molecule has 29 heavy (non-hydrogen) atoms. The Balaban J connectivity index is 1.83. The lowest BCUT2D eigenvalue weighted by Crippen LogP contribution is -2.14. The number of aryl methyl sites for hydroxylation is 2. The van der Waals surface area contributed by atoms with Gasteiger partial charge < -0.3 is 5.32 Å². The van der Waals surface area contributed by atoms with E-state index >= 15 is 0 Å². The molecular formula is C24H18BrFN2O. The maximum absolute atomic E-state index is 14.2. The molecule has 0 unspecified atom stereocenters. The Morgan fingerprint density at radius 3 is 2.55 bits per heavy atom. The van der Waals surface area contributed by atoms with Crippen LogP contribution in [0.2, 0.25) is 0 Å². The lowest BCUT2D eigenvalue weighted by atomic mass is 9.99. The van der Waals surface area contributed by atoms with Crippen molar-refractivity contribution in [1.82, 2.24) is 4.98 Å². The predicted octanol–water partition coefficient (Wildman–Crippen LogP) is 6.67. The van der Waals surface area contributed by atoms with Crippen LogP contribution < -0.4 is 5.32 Å². The largest absolute Gasteiger partial charge is 0.319 e. The molecule has 4 aromatic rings. The fourth-order valence-electron chi connectivity index (χ4n) is 3.38. The Bertz CT molecular complexity index is 1250. The summed E-state index contributed by atoms with van der Waals surface area (Å²) in [6.07, 6.45) is 0. The highest BCUT2D eigenvalue weighted by Crippen LogP contribution is 2.28.